The number of benzene rings is 6. The van der Waals surface area contributed by atoms with E-state index in [1.54, 1.807) is 0 Å². The first kappa shape index (κ1) is 37.9. The second kappa shape index (κ2) is 17.8. The average molecular weight is 765 g/mol. The van der Waals surface area contributed by atoms with E-state index >= 15 is 0 Å². The Morgan fingerprint density at radius 2 is 0.679 bits per heavy atom. The van der Waals surface area contributed by atoms with E-state index in [1.165, 1.54) is 0 Å². The summed E-state index contributed by atoms with van der Waals surface area (Å²) in [6, 6.07) is 46.6. The van der Waals surface area contributed by atoms with Crippen molar-refractivity contribution in [2.24, 2.45) is 4.52 Å². The van der Waals surface area contributed by atoms with Crippen molar-refractivity contribution in [3.05, 3.63) is 179 Å². The van der Waals surface area contributed by atoms with Crippen LogP contribution in [0.15, 0.2) is 150 Å². The summed E-state index contributed by atoms with van der Waals surface area (Å²) in [6.07, 6.45) is 0. The maximum atomic E-state index is 6.96. The molecule has 0 saturated heterocycles. The van der Waals surface area contributed by atoms with Crippen molar-refractivity contribution in [2.45, 2.75) is 41.5 Å². The van der Waals surface area contributed by atoms with Gasteiger partial charge in [0.15, 0.2) is 0 Å². The standard InChI is InChI=1S/C42H43N2O6P3/c1-31-13-7-19-37(25-31)45-51(46-38-20-8-14-32(2)26-38)43-53(49-41-23-11-17-35(5)29-41,50-42-24-12-18-36(6)30-42)44-52(47-39-21-9-15-33(3)27-39)48-40-22-10-16-34(4)28-40/h7-30,43H,1-6H3. The van der Waals surface area contributed by atoms with Gasteiger partial charge in [-0.1, -0.05) is 72.8 Å². The minimum atomic E-state index is -3.75. The zero-order chi connectivity index (χ0) is 37.2. The van der Waals surface area contributed by atoms with Crippen molar-refractivity contribution in [3.8, 4) is 34.5 Å². The van der Waals surface area contributed by atoms with Gasteiger partial charge in [0.25, 0.3) is 0 Å². The summed E-state index contributed by atoms with van der Waals surface area (Å²) in [5, 5.41) is 0. The maximum absolute atomic E-state index is 6.96. The summed E-state index contributed by atoms with van der Waals surface area (Å²) in [7, 11) is -7.92. The lowest BCUT2D eigenvalue weighted by molar-refractivity contribution is 0.447. The Morgan fingerprint density at radius 1 is 0.396 bits per heavy atom. The molecule has 11 heteroatoms. The van der Waals surface area contributed by atoms with E-state index < -0.39 is 24.7 Å². The molecule has 6 aromatic carbocycles. The van der Waals surface area contributed by atoms with E-state index in [2.05, 4.69) is 4.86 Å². The quantitative estimate of drug-likeness (QED) is 0.104. The van der Waals surface area contributed by atoms with Crippen LogP contribution in [0.25, 0.3) is 0 Å². The molecule has 0 atom stereocenters. The molecule has 0 fully saturated rings. The van der Waals surface area contributed by atoms with Crippen LogP contribution in [0.4, 0.5) is 0 Å². The molecule has 0 aliphatic rings. The highest BCUT2D eigenvalue weighted by molar-refractivity contribution is 7.71. The Morgan fingerprint density at radius 3 is 1.00 bits per heavy atom. The molecule has 0 heterocycles. The highest BCUT2D eigenvalue weighted by Gasteiger charge is 2.38. The Labute approximate surface area is 315 Å². The van der Waals surface area contributed by atoms with Crippen molar-refractivity contribution in [3.63, 3.8) is 0 Å². The molecule has 6 aromatic rings. The molecule has 53 heavy (non-hydrogen) atoms. The second-order valence-electron chi connectivity index (χ2n) is 12.7. The van der Waals surface area contributed by atoms with Crippen LogP contribution in [0.1, 0.15) is 33.4 Å². The van der Waals surface area contributed by atoms with Crippen molar-refractivity contribution in [1.82, 2.24) is 4.86 Å². The average Bonchev–Trinajstić information content (AvgIpc) is 3.08. The minimum absolute atomic E-state index is 0.532. The topological polar surface area (TPSA) is 79.8 Å². The molecule has 0 aromatic heterocycles. The summed E-state index contributed by atoms with van der Waals surface area (Å²) >= 11 is 0. The summed E-state index contributed by atoms with van der Waals surface area (Å²) in [6.45, 7) is 12.0. The van der Waals surface area contributed by atoms with E-state index in [0.717, 1.165) is 33.4 Å². The molecule has 6 rings (SSSR count). The minimum Gasteiger partial charge on any atom is -0.427 e. The molecule has 1 N–H and O–H groups in total. The molecule has 272 valence electrons. The third-order valence-corrected chi connectivity index (χ3v) is 13.1. The van der Waals surface area contributed by atoms with E-state index in [0.29, 0.717) is 34.5 Å². The first-order valence-corrected chi connectivity index (χ1v) is 21.0. The van der Waals surface area contributed by atoms with E-state index in [1.807, 2.05) is 187 Å². The fourth-order valence-electron chi connectivity index (χ4n) is 5.12. The first-order chi connectivity index (χ1) is 25.6. The lowest BCUT2D eigenvalue weighted by atomic mass is 10.2. The number of rotatable bonds is 15. The lowest BCUT2D eigenvalue weighted by Crippen LogP contribution is -2.19. The van der Waals surface area contributed by atoms with Crippen LogP contribution in [-0.4, -0.2) is 0 Å². The van der Waals surface area contributed by atoms with Crippen molar-refractivity contribution < 1.29 is 27.1 Å². The first-order valence-electron chi connectivity index (χ1n) is 17.1. The molecular formula is C42H43N2O6P3. The van der Waals surface area contributed by atoms with Gasteiger partial charge >= 0.3 is 24.7 Å². The molecule has 0 spiro atoms. The lowest BCUT2D eigenvalue weighted by Gasteiger charge is -2.30. The van der Waals surface area contributed by atoms with Crippen LogP contribution < -0.4 is 32.0 Å². The number of nitrogens with one attached hydrogen (secondary N) is 1. The molecule has 0 aliphatic carbocycles. The monoisotopic (exact) mass is 764 g/mol. The van der Waals surface area contributed by atoms with Gasteiger partial charge in [-0.2, -0.15) is 0 Å². The second-order valence-corrected chi connectivity index (χ2v) is 17.3. The molecule has 0 saturated carbocycles. The fraction of sp³-hybridized carbons (Fsp3) is 0.143. The van der Waals surface area contributed by atoms with Crippen LogP contribution in [0.3, 0.4) is 0 Å². The third kappa shape index (κ3) is 11.6. The molecule has 0 unspecified atom stereocenters. The fourth-order valence-corrected chi connectivity index (χ4v) is 10.6. The zero-order valence-corrected chi connectivity index (χ0v) is 33.3. The Hall–Kier alpha value is -4.83. The molecule has 0 radical (unpaired) electrons. The smallest absolute Gasteiger partial charge is 0.427 e. The molecule has 8 nitrogen and oxygen atoms in total. The number of hydrogen-bond donors (Lipinski definition) is 1. The Bertz CT molecular complexity index is 2070. The predicted molar refractivity (Wildman–Crippen MR) is 217 cm³/mol. The highest BCUT2D eigenvalue weighted by atomic mass is 31.3. The van der Waals surface area contributed by atoms with Crippen LogP contribution >= 0.6 is 24.7 Å². The van der Waals surface area contributed by atoms with Crippen LogP contribution in [0.5, 0.6) is 34.5 Å². The van der Waals surface area contributed by atoms with Crippen molar-refractivity contribution >= 4 is 24.7 Å². The van der Waals surface area contributed by atoms with Gasteiger partial charge in [0.1, 0.15) is 34.5 Å². The third-order valence-electron chi connectivity index (χ3n) is 7.54. The maximum Gasteiger partial charge on any atom is 0.443 e. The Balaban J connectivity index is 1.55. The summed E-state index contributed by atoms with van der Waals surface area (Å²) in [4.78, 5) is 3.54. The van der Waals surface area contributed by atoms with Gasteiger partial charge in [-0.05, 0) is 148 Å². The molecular weight excluding hydrogens is 721 g/mol. The summed E-state index contributed by atoms with van der Waals surface area (Å²) < 4.78 is 45.7. The summed E-state index contributed by atoms with van der Waals surface area (Å²) in [5.41, 5.74) is 6.13. The summed E-state index contributed by atoms with van der Waals surface area (Å²) in [5.74, 6) is 3.45. The van der Waals surface area contributed by atoms with Gasteiger partial charge in [-0.25, -0.2) is 0 Å². The Kier molecular flexibility index (Phi) is 12.7. The van der Waals surface area contributed by atoms with Gasteiger partial charge < -0.3 is 27.1 Å². The largest absolute Gasteiger partial charge is 0.443 e. The van der Waals surface area contributed by atoms with Crippen LogP contribution in [0, 0.1) is 41.5 Å². The van der Waals surface area contributed by atoms with E-state index in [9.17, 15) is 0 Å². The SMILES string of the molecule is Cc1cccc(OP(N=P(NP(Oc2cccc(C)c2)Oc2cccc(C)c2)(Oc2cccc(C)c2)Oc2cccc(C)c2)Oc2cccc(C)c2)c1. The van der Waals surface area contributed by atoms with E-state index in [4.69, 9.17) is 31.7 Å². The molecule has 0 aliphatic heterocycles. The highest BCUT2D eigenvalue weighted by Crippen LogP contribution is 2.61. The predicted octanol–water partition coefficient (Wildman–Crippen LogP) is 13.3. The molecule has 0 bridgehead atoms. The van der Waals surface area contributed by atoms with Crippen LogP contribution in [-0.2, 0) is 0 Å². The normalized spacial score (nSPS) is 11.2. The number of nitrogens with zero attached hydrogens (tertiary/aromatic N) is 1. The number of aryl methyl sites for hydroxylation is 6. The van der Waals surface area contributed by atoms with Crippen molar-refractivity contribution in [1.29, 1.82) is 0 Å². The van der Waals surface area contributed by atoms with Gasteiger partial charge in [-0.15, -0.1) is 9.37 Å². The van der Waals surface area contributed by atoms with Gasteiger partial charge in [-0.3, -0.25) is 0 Å². The van der Waals surface area contributed by atoms with Gasteiger partial charge in [0, 0.05) is 0 Å². The number of hydrogen-bond acceptors (Lipinski definition) is 7. The van der Waals surface area contributed by atoms with Crippen molar-refractivity contribution in [2.75, 3.05) is 0 Å². The van der Waals surface area contributed by atoms with E-state index in [-0.39, 0.29) is 0 Å². The molecule has 0 amide bonds. The van der Waals surface area contributed by atoms with Gasteiger partial charge in [0.05, 0.1) is 0 Å². The van der Waals surface area contributed by atoms with Gasteiger partial charge in [0.2, 0.25) is 0 Å². The zero-order valence-electron chi connectivity index (χ0n) is 30.6. The van der Waals surface area contributed by atoms with Crippen LogP contribution in [0.2, 0.25) is 0 Å².